The summed E-state index contributed by atoms with van der Waals surface area (Å²) in [5.74, 6) is -7.44. The van der Waals surface area contributed by atoms with Crippen molar-refractivity contribution in [2.24, 2.45) is 5.92 Å². The van der Waals surface area contributed by atoms with Crippen molar-refractivity contribution in [1.29, 1.82) is 0 Å². The first kappa shape index (κ1) is 39.8. The van der Waals surface area contributed by atoms with E-state index in [1.807, 2.05) is 79.7 Å². The fourth-order valence-corrected chi connectivity index (χ4v) is 7.34. The number of H-pyrrole nitrogens is 3. The Labute approximate surface area is 328 Å². The Morgan fingerprint density at radius 3 is 1.60 bits per heavy atom. The number of nitrogen functional groups attached to an aromatic ring is 2. The number of carbonyl (C=O) groups is 1. The standard InChI is InChI=1S/C20H19F2N5O.C16H19N5O.C4H4F2O2/c1-8-16(9(2)26-25-8)13-5-12(17-10(3)27-28-11(17)4)6-15-18(13)24-19(23-15)14-7-20(14,21)22;1-7-14(8(2)20-19-7)12-5-11(6-13(17)16(12)18)15-9(3)21-22-10(15)4;5-4(6)1-2(4)3(7)8/h5-6,14H,7H2,1-4H3,(H,23,24)(H,25,26);5-6H,17-18H2,1-4H3,(H,19,20);2H,1H2,(H,7,8). The number of aliphatic carboxylic acids is 1. The topological polar surface area (TPSA) is 227 Å². The number of nitrogens with one attached hydrogen (secondary N) is 3. The molecule has 2 aliphatic carbocycles. The van der Waals surface area contributed by atoms with Gasteiger partial charge in [0.2, 0.25) is 0 Å². The zero-order valence-corrected chi connectivity index (χ0v) is 33.0. The van der Waals surface area contributed by atoms with Gasteiger partial charge in [0.15, 0.2) is 0 Å². The number of halogens is 4. The molecule has 2 saturated carbocycles. The summed E-state index contributed by atoms with van der Waals surface area (Å²) < 4.78 is 61.2. The first-order valence-electron chi connectivity index (χ1n) is 18.3. The van der Waals surface area contributed by atoms with E-state index in [0.29, 0.717) is 34.0 Å². The lowest BCUT2D eigenvalue weighted by atomic mass is 9.94. The molecule has 2 aromatic carbocycles. The molecule has 7 aromatic rings. The van der Waals surface area contributed by atoms with Crippen LogP contribution in [0.2, 0.25) is 0 Å². The third kappa shape index (κ3) is 7.18. The van der Waals surface area contributed by atoms with E-state index in [-0.39, 0.29) is 6.42 Å². The van der Waals surface area contributed by atoms with Crippen molar-refractivity contribution in [3.63, 3.8) is 0 Å². The van der Waals surface area contributed by atoms with E-state index in [1.165, 1.54) is 0 Å². The average Bonchev–Trinajstić information content (AvgIpc) is 3.49. The van der Waals surface area contributed by atoms with Gasteiger partial charge in [0, 0.05) is 57.6 Å². The minimum Gasteiger partial charge on any atom is -0.481 e. The zero-order chi connectivity index (χ0) is 42.2. The van der Waals surface area contributed by atoms with Crippen LogP contribution in [-0.2, 0) is 4.79 Å². The minimum atomic E-state index is -2.91. The number of benzene rings is 2. The lowest BCUT2D eigenvalue weighted by Gasteiger charge is -2.12. The first-order valence-corrected chi connectivity index (χ1v) is 18.3. The van der Waals surface area contributed by atoms with Crippen LogP contribution >= 0.6 is 0 Å². The van der Waals surface area contributed by atoms with Gasteiger partial charge in [-0.05, 0) is 90.8 Å². The van der Waals surface area contributed by atoms with Crippen LogP contribution in [0.15, 0.2) is 33.3 Å². The van der Waals surface area contributed by atoms with Crippen molar-refractivity contribution in [2.75, 3.05) is 11.5 Å². The number of carboxylic acid groups (broad SMARTS) is 1. The molecule has 9 rings (SSSR count). The second-order valence-electron chi connectivity index (χ2n) is 15.0. The monoisotopic (exact) mass is 802 g/mol. The molecular formula is C40H42F4N10O4. The number of aromatic amines is 3. The summed E-state index contributed by atoms with van der Waals surface area (Å²) in [6, 6.07) is 7.81. The molecule has 18 heteroatoms. The number of imidazole rings is 1. The molecule has 8 N–H and O–H groups in total. The number of nitrogens with zero attached hydrogens (tertiary/aromatic N) is 5. The number of fused-ring (bicyclic) bond motifs is 1. The van der Waals surface area contributed by atoms with Crippen molar-refractivity contribution < 1.29 is 36.5 Å². The van der Waals surface area contributed by atoms with E-state index < -0.39 is 36.1 Å². The Morgan fingerprint density at radius 1 is 0.724 bits per heavy atom. The highest BCUT2D eigenvalue weighted by Crippen LogP contribution is 2.55. The third-order valence-electron chi connectivity index (χ3n) is 10.5. The number of aromatic nitrogens is 8. The van der Waals surface area contributed by atoms with Crippen LogP contribution in [-0.4, -0.2) is 63.6 Å². The van der Waals surface area contributed by atoms with Crippen LogP contribution in [0, 0.1) is 61.3 Å². The summed E-state index contributed by atoms with van der Waals surface area (Å²) >= 11 is 0. The lowest BCUT2D eigenvalue weighted by Crippen LogP contribution is -2.04. The fraction of sp³-hybridized carbons (Fsp3) is 0.350. The molecule has 5 heterocycles. The average molecular weight is 803 g/mol. The van der Waals surface area contributed by atoms with Gasteiger partial charge >= 0.3 is 5.97 Å². The molecule has 0 bridgehead atoms. The largest absolute Gasteiger partial charge is 0.481 e. The summed E-state index contributed by atoms with van der Waals surface area (Å²) in [5.41, 5.74) is 27.3. The Kier molecular flexibility index (Phi) is 9.72. The Hall–Kier alpha value is -6.46. The molecule has 2 aliphatic rings. The molecule has 14 nitrogen and oxygen atoms in total. The quantitative estimate of drug-likeness (QED) is 0.0687. The van der Waals surface area contributed by atoms with Gasteiger partial charge in [0.25, 0.3) is 11.8 Å². The van der Waals surface area contributed by atoms with Gasteiger partial charge in [-0.2, -0.15) is 10.2 Å². The van der Waals surface area contributed by atoms with Crippen molar-refractivity contribution in [2.45, 2.75) is 86.0 Å². The molecule has 0 aliphatic heterocycles. The SMILES string of the molecule is Cc1n[nH]c(C)c1-c1cc(-c2c(C)noc2C)cc(N)c1N.Cc1n[nH]c(C)c1-c1cc(-c2c(C)noc2C)cc2[nH]c(C3CC3(F)F)nc12.O=C(O)C1CC1(F)F. The molecule has 304 valence electrons. The smallest absolute Gasteiger partial charge is 0.312 e. The number of carboxylic acids is 1. The molecule has 2 atom stereocenters. The second kappa shape index (κ2) is 14.2. The van der Waals surface area contributed by atoms with E-state index in [9.17, 15) is 22.4 Å². The van der Waals surface area contributed by atoms with E-state index in [2.05, 4.69) is 40.7 Å². The maximum atomic E-state index is 13.6. The Morgan fingerprint density at radius 2 is 1.21 bits per heavy atom. The third-order valence-corrected chi connectivity index (χ3v) is 10.5. The highest BCUT2D eigenvalue weighted by Gasteiger charge is 2.62. The first-order chi connectivity index (χ1) is 27.2. The molecule has 58 heavy (non-hydrogen) atoms. The number of hydrogen-bond acceptors (Lipinski definition) is 10. The number of hydrogen-bond donors (Lipinski definition) is 6. The highest BCUT2D eigenvalue weighted by molar-refractivity contribution is 5.98. The lowest BCUT2D eigenvalue weighted by molar-refractivity contribution is -0.140. The van der Waals surface area contributed by atoms with E-state index in [4.69, 9.17) is 25.6 Å². The Bertz CT molecular complexity index is 2640. The van der Waals surface area contributed by atoms with E-state index in [1.54, 1.807) is 0 Å². The van der Waals surface area contributed by atoms with E-state index >= 15 is 0 Å². The Balaban J connectivity index is 0.000000151. The van der Waals surface area contributed by atoms with Crippen LogP contribution in [0.4, 0.5) is 28.9 Å². The summed E-state index contributed by atoms with van der Waals surface area (Å²) in [5, 5.41) is 30.5. The van der Waals surface area contributed by atoms with Gasteiger partial charge in [-0.3, -0.25) is 15.0 Å². The second-order valence-corrected chi connectivity index (χ2v) is 15.0. The van der Waals surface area contributed by atoms with Crippen molar-refractivity contribution in [3.05, 3.63) is 75.8 Å². The maximum Gasteiger partial charge on any atom is 0.312 e. The zero-order valence-electron chi connectivity index (χ0n) is 33.0. The van der Waals surface area contributed by atoms with Gasteiger partial charge in [-0.15, -0.1) is 0 Å². The van der Waals surface area contributed by atoms with Gasteiger partial charge in [-0.25, -0.2) is 22.5 Å². The van der Waals surface area contributed by atoms with Crippen molar-refractivity contribution in [3.8, 4) is 44.5 Å². The number of anilines is 2. The van der Waals surface area contributed by atoms with Crippen LogP contribution in [0.1, 0.15) is 70.3 Å². The van der Waals surface area contributed by atoms with Gasteiger partial charge in [0.05, 0.1) is 51.1 Å². The summed E-state index contributed by atoms with van der Waals surface area (Å²) in [6.45, 7) is 15.3. The number of aryl methyl sites for hydroxylation is 8. The number of nitrogens with two attached hydrogens (primary N) is 2. The molecular weight excluding hydrogens is 760 g/mol. The normalized spacial score (nSPS) is 17.4. The molecule has 0 amide bonds. The summed E-state index contributed by atoms with van der Waals surface area (Å²) in [6.07, 6.45) is -0.648. The molecule has 0 radical (unpaired) electrons. The summed E-state index contributed by atoms with van der Waals surface area (Å²) in [4.78, 5) is 17.4. The van der Waals surface area contributed by atoms with Gasteiger partial charge < -0.3 is 30.6 Å². The predicted octanol–water partition coefficient (Wildman–Crippen LogP) is 8.82. The number of rotatable bonds is 6. The van der Waals surface area contributed by atoms with Crippen LogP contribution in [0.25, 0.3) is 55.5 Å². The van der Waals surface area contributed by atoms with Gasteiger partial charge in [-0.1, -0.05) is 10.3 Å². The van der Waals surface area contributed by atoms with Crippen molar-refractivity contribution >= 4 is 28.4 Å². The fourth-order valence-electron chi connectivity index (χ4n) is 7.34. The van der Waals surface area contributed by atoms with Crippen LogP contribution in [0.5, 0.6) is 0 Å². The molecule has 2 fully saturated rings. The predicted molar refractivity (Wildman–Crippen MR) is 208 cm³/mol. The maximum absolute atomic E-state index is 13.6. The number of alkyl halides is 4. The summed E-state index contributed by atoms with van der Waals surface area (Å²) in [7, 11) is 0. The molecule has 0 saturated heterocycles. The molecule has 2 unspecified atom stereocenters. The van der Waals surface area contributed by atoms with Crippen molar-refractivity contribution in [1.82, 2.24) is 40.7 Å². The highest BCUT2D eigenvalue weighted by atomic mass is 19.3. The van der Waals surface area contributed by atoms with Gasteiger partial charge in [0.1, 0.15) is 23.3 Å². The molecule has 5 aromatic heterocycles. The minimum absolute atomic E-state index is 0.164. The van der Waals surface area contributed by atoms with Crippen LogP contribution < -0.4 is 11.5 Å². The van der Waals surface area contributed by atoms with Crippen LogP contribution in [0.3, 0.4) is 0 Å². The molecule has 0 spiro atoms. The van der Waals surface area contributed by atoms with E-state index in [0.717, 1.165) is 84.4 Å².